The van der Waals surface area contributed by atoms with E-state index >= 15 is 0 Å². The molecule has 1 aliphatic rings. The lowest BCUT2D eigenvalue weighted by Gasteiger charge is -2.01. The third kappa shape index (κ3) is 1.22. The molecule has 88 valence electrons. The minimum Gasteiger partial charge on any atom is -0.398 e. The smallest absolute Gasteiger partial charge is 0.137 e. The number of anilines is 1. The summed E-state index contributed by atoms with van der Waals surface area (Å²) < 4.78 is 2.07. The third-order valence-electron chi connectivity index (χ3n) is 3.42. The van der Waals surface area contributed by atoms with Gasteiger partial charge >= 0.3 is 0 Å². The number of pyridine rings is 1. The van der Waals surface area contributed by atoms with Crippen LogP contribution in [0.15, 0.2) is 36.5 Å². The van der Waals surface area contributed by atoms with Crippen molar-refractivity contribution in [1.82, 2.24) is 9.38 Å². The highest BCUT2D eigenvalue weighted by molar-refractivity contribution is 6.30. The molecule has 0 bridgehead atoms. The highest BCUT2D eigenvalue weighted by Crippen LogP contribution is 2.37. The van der Waals surface area contributed by atoms with E-state index in [1.165, 1.54) is 16.8 Å². The molecular weight excluding hydrogens is 246 g/mol. The van der Waals surface area contributed by atoms with E-state index in [4.69, 9.17) is 17.3 Å². The van der Waals surface area contributed by atoms with Gasteiger partial charge in [0.15, 0.2) is 0 Å². The fourth-order valence-corrected chi connectivity index (χ4v) is 2.81. The van der Waals surface area contributed by atoms with E-state index in [9.17, 15) is 0 Å². The molecule has 3 nitrogen and oxygen atoms in total. The fourth-order valence-electron chi connectivity index (χ4n) is 2.61. The number of nitrogens with two attached hydrogens (primary N) is 1. The number of rotatable bonds is 0. The van der Waals surface area contributed by atoms with Gasteiger partial charge in [0, 0.05) is 28.9 Å². The summed E-state index contributed by atoms with van der Waals surface area (Å²) in [6, 6.07) is 9.79. The van der Waals surface area contributed by atoms with Gasteiger partial charge in [0.2, 0.25) is 0 Å². The van der Waals surface area contributed by atoms with Gasteiger partial charge in [-0.2, -0.15) is 0 Å². The zero-order valence-corrected chi connectivity index (χ0v) is 10.3. The maximum Gasteiger partial charge on any atom is 0.137 e. The lowest BCUT2D eigenvalue weighted by molar-refractivity contribution is 1.05. The van der Waals surface area contributed by atoms with Crippen LogP contribution in [0.4, 0.5) is 5.69 Å². The van der Waals surface area contributed by atoms with Crippen molar-refractivity contribution in [3.63, 3.8) is 0 Å². The molecule has 0 radical (unpaired) electrons. The first-order chi connectivity index (χ1) is 8.72. The Balaban J connectivity index is 2.04. The number of fused-ring (bicyclic) bond motifs is 5. The molecule has 0 unspecified atom stereocenters. The van der Waals surface area contributed by atoms with Crippen molar-refractivity contribution in [2.24, 2.45) is 0 Å². The molecule has 0 saturated carbocycles. The van der Waals surface area contributed by atoms with Crippen LogP contribution in [0.5, 0.6) is 0 Å². The van der Waals surface area contributed by atoms with Crippen LogP contribution in [0.25, 0.3) is 16.9 Å². The van der Waals surface area contributed by atoms with Crippen LogP contribution in [0.2, 0.25) is 5.02 Å². The maximum absolute atomic E-state index is 6.03. The van der Waals surface area contributed by atoms with Gasteiger partial charge in [-0.25, -0.2) is 4.98 Å². The van der Waals surface area contributed by atoms with Gasteiger partial charge in [-0.3, -0.25) is 0 Å². The first kappa shape index (κ1) is 9.97. The lowest BCUT2D eigenvalue weighted by atomic mass is 10.1. The van der Waals surface area contributed by atoms with E-state index in [2.05, 4.69) is 9.38 Å². The minimum atomic E-state index is 0.747. The molecular formula is C14H10ClN3. The molecule has 4 rings (SSSR count). The van der Waals surface area contributed by atoms with Gasteiger partial charge in [-0.15, -0.1) is 0 Å². The number of hydrogen-bond acceptors (Lipinski definition) is 2. The quantitative estimate of drug-likeness (QED) is 0.525. The summed E-state index contributed by atoms with van der Waals surface area (Å²) in [4.78, 5) is 4.67. The van der Waals surface area contributed by atoms with Gasteiger partial charge in [-0.1, -0.05) is 17.7 Å². The van der Waals surface area contributed by atoms with Crippen LogP contribution in [0, 0.1) is 0 Å². The second-order valence-corrected chi connectivity index (χ2v) is 5.01. The van der Waals surface area contributed by atoms with Crippen LogP contribution in [0.3, 0.4) is 0 Å². The Morgan fingerprint density at radius 2 is 2.11 bits per heavy atom. The van der Waals surface area contributed by atoms with Crippen LogP contribution in [0.1, 0.15) is 11.3 Å². The first-order valence-corrected chi connectivity index (χ1v) is 6.15. The molecule has 0 saturated heterocycles. The Bertz CT molecular complexity index is 789. The van der Waals surface area contributed by atoms with E-state index in [0.717, 1.165) is 28.5 Å². The highest BCUT2D eigenvalue weighted by Gasteiger charge is 2.24. The number of hydrogen-bond donors (Lipinski definition) is 1. The SMILES string of the molecule is Nc1ccc2nc3c(n2c1)Cc1cc(Cl)ccc1-3. The molecule has 4 heteroatoms. The van der Waals surface area contributed by atoms with Gasteiger partial charge in [-0.05, 0) is 29.8 Å². The van der Waals surface area contributed by atoms with Gasteiger partial charge in [0.1, 0.15) is 5.65 Å². The normalized spacial score (nSPS) is 12.7. The molecule has 2 aromatic heterocycles. The highest BCUT2D eigenvalue weighted by atomic mass is 35.5. The monoisotopic (exact) mass is 255 g/mol. The standard InChI is InChI=1S/C14H10ClN3/c15-9-1-3-11-8(5-9)6-12-14(11)17-13-4-2-10(16)7-18(12)13/h1-5,7H,6,16H2. The topological polar surface area (TPSA) is 43.3 Å². The lowest BCUT2D eigenvalue weighted by Crippen LogP contribution is -1.94. The number of imidazole rings is 1. The molecule has 0 aliphatic heterocycles. The number of halogens is 1. The molecule has 0 spiro atoms. The number of nitrogens with zero attached hydrogens (tertiary/aromatic N) is 2. The first-order valence-electron chi connectivity index (χ1n) is 5.77. The van der Waals surface area contributed by atoms with Gasteiger partial charge < -0.3 is 10.1 Å². The molecule has 1 aliphatic carbocycles. The van der Waals surface area contributed by atoms with Gasteiger partial charge in [0.25, 0.3) is 0 Å². The van der Waals surface area contributed by atoms with Crippen molar-refractivity contribution in [2.45, 2.75) is 6.42 Å². The summed E-state index contributed by atoms with van der Waals surface area (Å²) in [5, 5.41) is 0.771. The fraction of sp³-hybridized carbons (Fsp3) is 0.0714. The van der Waals surface area contributed by atoms with Crippen LogP contribution < -0.4 is 5.73 Å². The molecule has 2 N–H and O–H groups in total. The predicted octanol–water partition coefficient (Wildman–Crippen LogP) is 3.14. The summed E-state index contributed by atoms with van der Waals surface area (Å²) in [6.45, 7) is 0. The maximum atomic E-state index is 6.03. The number of aromatic nitrogens is 2. The molecule has 18 heavy (non-hydrogen) atoms. The van der Waals surface area contributed by atoms with E-state index < -0.39 is 0 Å². The summed E-state index contributed by atoms with van der Waals surface area (Å²) in [7, 11) is 0. The second-order valence-electron chi connectivity index (χ2n) is 4.58. The van der Waals surface area contributed by atoms with E-state index in [1.54, 1.807) is 0 Å². The third-order valence-corrected chi connectivity index (χ3v) is 3.66. The van der Waals surface area contributed by atoms with E-state index in [0.29, 0.717) is 0 Å². The van der Waals surface area contributed by atoms with E-state index in [1.807, 2.05) is 36.5 Å². The average molecular weight is 256 g/mol. The number of benzene rings is 1. The average Bonchev–Trinajstić information content (AvgIpc) is 2.84. The zero-order chi connectivity index (χ0) is 12.3. The summed E-state index contributed by atoms with van der Waals surface area (Å²) >= 11 is 6.03. The Hall–Kier alpha value is -2.00. The molecule has 3 aromatic rings. The van der Waals surface area contributed by atoms with Crippen molar-refractivity contribution in [3.05, 3.63) is 52.8 Å². The van der Waals surface area contributed by atoms with Crippen LogP contribution in [-0.2, 0) is 6.42 Å². The number of nitrogen functional groups attached to an aromatic ring is 1. The van der Waals surface area contributed by atoms with Crippen molar-refractivity contribution in [1.29, 1.82) is 0 Å². The Morgan fingerprint density at radius 3 is 3.00 bits per heavy atom. The Kier molecular flexibility index (Phi) is 1.81. The van der Waals surface area contributed by atoms with Crippen molar-refractivity contribution in [3.8, 4) is 11.3 Å². The molecule has 2 heterocycles. The summed E-state index contributed by atoms with van der Waals surface area (Å²) in [6.07, 6.45) is 2.78. The van der Waals surface area contributed by atoms with E-state index in [-0.39, 0.29) is 0 Å². The van der Waals surface area contributed by atoms with Crippen LogP contribution in [-0.4, -0.2) is 9.38 Å². The summed E-state index contributed by atoms with van der Waals surface area (Å²) in [5.74, 6) is 0. The largest absolute Gasteiger partial charge is 0.398 e. The minimum absolute atomic E-state index is 0.747. The molecule has 0 amide bonds. The second kappa shape index (κ2) is 3.27. The molecule has 0 atom stereocenters. The van der Waals surface area contributed by atoms with Crippen molar-refractivity contribution >= 4 is 22.9 Å². The Morgan fingerprint density at radius 1 is 1.22 bits per heavy atom. The van der Waals surface area contributed by atoms with Gasteiger partial charge in [0.05, 0.1) is 11.4 Å². The zero-order valence-electron chi connectivity index (χ0n) is 9.52. The molecule has 0 fully saturated rings. The van der Waals surface area contributed by atoms with Crippen molar-refractivity contribution < 1.29 is 0 Å². The predicted molar refractivity (Wildman–Crippen MR) is 72.9 cm³/mol. The Labute approximate surface area is 109 Å². The van der Waals surface area contributed by atoms with Crippen LogP contribution >= 0.6 is 11.6 Å². The summed E-state index contributed by atoms with van der Waals surface area (Å²) in [5.41, 5.74) is 12.2. The van der Waals surface area contributed by atoms with Crippen molar-refractivity contribution in [2.75, 3.05) is 5.73 Å². The molecule has 1 aromatic carbocycles.